The molecule has 0 saturated heterocycles. The highest BCUT2D eigenvalue weighted by molar-refractivity contribution is 5.54. The molecule has 2 heterocycles. The maximum atomic E-state index is 6.02. The zero-order valence-electron chi connectivity index (χ0n) is 13.9. The van der Waals surface area contributed by atoms with Crippen LogP contribution in [0.5, 0.6) is 11.5 Å². The Kier molecular flexibility index (Phi) is 4.30. The highest BCUT2D eigenvalue weighted by Crippen LogP contribution is 2.31. The lowest BCUT2D eigenvalue weighted by Crippen LogP contribution is -2.39. The van der Waals surface area contributed by atoms with Crippen molar-refractivity contribution in [2.24, 2.45) is 0 Å². The van der Waals surface area contributed by atoms with Crippen LogP contribution in [0.2, 0.25) is 0 Å². The van der Waals surface area contributed by atoms with Gasteiger partial charge in [0.15, 0.2) is 11.5 Å². The van der Waals surface area contributed by atoms with Crippen LogP contribution < -0.4 is 9.47 Å². The Morgan fingerprint density at radius 1 is 1.16 bits per heavy atom. The van der Waals surface area contributed by atoms with Crippen LogP contribution in [-0.4, -0.2) is 51.8 Å². The van der Waals surface area contributed by atoms with Gasteiger partial charge in [-0.2, -0.15) is 5.21 Å². The first-order valence-corrected chi connectivity index (χ1v) is 8.18. The molecule has 0 fully saturated rings. The molecule has 7 nitrogen and oxygen atoms in total. The number of nitrogens with one attached hydrogen (secondary N) is 1. The smallest absolute Gasteiger partial charge is 0.204 e. The van der Waals surface area contributed by atoms with Crippen molar-refractivity contribution in [3.63, 3.8) is 0 Å². The number of hydrogen-bond acceptors (Lipinski definition) is 6. The molecule has 1 aromatic heterocycles. The molecule has 0 bridgehead atoms. The van der Waals surface area contributed by atoms with Crippen LogP contribution in [0.25, 0.3) is 11.4 Å². The van der Waals surface area contributed by atoms with Crippen molar-refractivity contribution < 1.29 is 9.47 Å². The van der Waals surface area contributed by atoms with Crippen molar-refractivity contribution in [3.05, 3.63) is 54.1 Å². The van der Waals surface area contributed by atoms with E-state index in [0.717, 1.165) is 30.2 Å². The van der Waals surface area contributed by atoms with Gasteiger partial charge in [0.2, 0.25) is 5.82 Å². The van der Waals surface area contributed by atoms with Gasteiger partial charge in [-0.1, -0.05) is 30.3 Å². The number of para-hydroxylation sites is 2. The molecule has 4 rings (SSSR count). The summed E-state index contributed by atoms with van der Waals surface area (Å²) in [5.74, 6) is 2.23. The van der Waals surface area contributed by atoms with E-state index in [-0.39, 0.29) is 6.10 Å². The minimum atomic E-state index is 0.0142. The number of tetrazole rings is 1. The maximum absolute atomic E-state index is 6.02. The summed E-state index contributed by atoms with van der Waals surface area (Å²) in [6.07, 6.45) is 0.0142. The van der Waals surface area contributed by atoms with Gasteiger partial charge in [-0.25, -0.2) is 0 Å². The van der Waals surface area contributed by atoms with Gasteiger partial charge in [0, 0.05) is 18.7 Å². The Balaban J connectivity index is 1.38. The zero-order chi connectivity index (χ0) is 17.1. The molecule has 0 aliphatic carbocycles. The number of likely N-dealkylation sites (N-methyl/N-ethyl adjacent to an activating group) is 1. The van der Waals surface area contributed by atoms with E-state index in [1.54, 1.807) is 0 Å². The summed E-state index contributed by atoms with van der Waals surface area (Å²) in [7, 11) is 2.07. The first-order chi connectivity index (χ1) is 12.3. The Morgan fingerprint density at radius 2 is 2.04 bits per heavy atom. The SMILES string of the molecule is CN(Cc1cccc(-c2nn[nH]n2)c1)C[C@H]1COc2ccccc2O1. The average molecular weight is 337 g/mol. The summed E-state index contributed by atoms with van der Waals surface area (Å²) in [6, 6.07) is 15.9. The fraction of sp³-hybridized carbons (Fsp3) is 0.278. The maximum Gasteiger partial charge on any atom is 0.204 e. The van der Waals surface area contributed by atoms with E-state index in [2.05, 4.69) is 44.7 Å². The van der Waals surface area contributed by atoms with Gasteiger partial charge in [0.05, 0.1) is 0 Å². The molecule has 2 aromatic carbocycles. The summed E-state index contributed by atoms with van der Waals surface area (Å²) in [5, 5.41) is 14.1. The van der Waals surface area contributed by atoms with Gasteiger partial charge in [0.25, 0.3) is 0 Å². The molecule has 1 aliphatic heterocycles. The van der Waals surface area contributed by atoms with E-state index < -0.39 is 0 Å². The predicted molar refractivity (Wildman–Crippen MR) is 92.3 cm³/mol. The van der Waals surface area contributed by atoms with E-state index in [9.17, 15) is 0 Å². The molecule has 3 aromatic rings. The molecular formula is C18H19N5O2. The van der Waals surface area contributed by atoms with Crippen LogP contribution in [0.4, 0.5) is 0 Å². The summed E-state index contributed by atoms with van der Waals surface area (Å²) in [6.45, 7) is 2.14. The van der Waals surface area contributed by atoms with Crippen LogP contribution in [0.3, 0.4) is 0 Å². The molecule has 1 aliphatic rings. The lowest BCUT2D eigenvalue weighted by Gasteiger charge is -2.29. The largest absolute Gasteiger partial charge is 0.486 e. The van der Waals surface area contributed by atoms with E-state index >= 15 is 0 Å². The summed E-state index contributed by atoms with van der Waals surface area (Å²) < 4.78 is 11.8. The first-order valence-electron chi connectivity index (χ1n) is 8.18. The monoisotopic (exact) mass is 337 g/mol. The number of nitrogens with zero attached hydrogens (tertiary/aromatic N) is 4. The standard InChI is InChI=1S/C18H19N5O2/c1-23(11-15-12-24-16-7-2-3-8-17(16)25-15)10-13-5-4-6-14(9-13)18-19-21-22-20-18/h2-9,15H,10-12H2,1H3,(H,19,20,21,22)/t15-/m0/s1. The zero-order valence-corrected chi connectivity index (χ0v) is 13.9. The Bertz CT molecular complexity index is 837. The second-order valence-electron chi connectivity index (χ2n) is 6.13. The molecule has 1 N–H and O–H groups in total. The molecule has 1 atom stereocenters. The van der Waals surface area contributed by atoms with Gasteiger partial charge >= 0.3 is 0 Å². The average Bonchev–Trinajstić information content (AvgIpc) is 3.16. The normalized spacial score (nSPS) is 16.2. The van der Waals surface area contributed by atoms with Crippen LogP contribution in [0.15, 0.2) is 48.5 Å². The first kappa shape index (κ1) is 15.6. The molecule has 0 radical (unpaired) electrons. The fourth-order valence-electron chi connectivity index (χ4n) is 2.97. The number of aromatic nitrogens is 4. The molecule has 7 heteroatoms. The molecule has 25 heavy (non-hydrogen) atoms. The second-order valence-corrected chi connectivity index (χ2v) is 6.13. The van der Waals surface area contributed by atoms with Crippen molar-refractivity contribution in [2.45, 2.75) is 12.6 Å². The summed E-state index contributed by atoms with van der Waals surface area (Å²) in [4.78, 5) is 2.22. The molecule has 0 unspecified atom stereocenters. The lowest BCUT2D eigenvalue weighted by atomic mass is 10.1. The van der Waals surface area contributed by atoms with Crippen molar-refractivity contribution in [3.8, 4) is 22.9 Å². The van der Waals surface area contributed by atoms with Gasteiger partial charge < -0.3 is 9.47 Å². The number of rotatable bonds is 5. The number of hydrogen-bond donors (Lipinski definition) is 1. The summed E-state index contributed by atoms with van der Waals surface area (Å²) >= 11 is 0. The topological polar surface area (TPSA) is 76.2 Å². The molecular weight excluding hydrogens is 318 g/mol. The van der Waals surface area contributed by atoms with E-state index in [1.165, 1.54) is 5.56 Å². The van der Waals surface area contributed by atoms with Crippen molar-refractivity contribution in [1.82, 2.24) is 25.5 Å². The van der Waals surface area contributed by atoms with Gasteiger partial charge in [-0.15, -0.1) is 10.2 Å². The van der Waals surface area contributed by atoms with Crippen LogP contribution in [-0.2, 0) is 6.54 Å². The Hall–Kier alpha value is -2.93. The van der Waals surface area contributed by atoms with Crippen LogP contribution >= 0.6 is 0 Å². The van der Waals surface area contributed by atoms with Gasteiger partial charge in [-0.05, 0) is 36.0 Å². The lowest BCUT2D eigenvalue weighted by molar-refractivity contribution is 0.0638. The Labute approximate surface area is 145 Å². The highest BCUT2D eigenvalue weighted by atomic mass is 16.6. The van der Waals surface area contributed by atoms with Gasteiger partial charge in [0.1, 0.15) is 12.7 Å². The van der Waals surface area contributed by atoms with Crippen molar-refractivity contribution in [1.29, 1.82) is 0 Å². The van der Waals surface area contributed by atoms with Crippen molar-refractivity contribution >= 4 is 0 Å². The molecule has 0 spiro atoms. The predicted octanol–water partition coefficient (Wildman–Crippen LogP) is 2.14. The number of aromatic amines is 1. The van der Waals surface area contributed by atoms with Gasteiger partial charge in [-0.3, -0.25) is 4.90 Å². The third kappa shape index (κ3) is 3.61. The fourth-order valence-corrected chi connectivity index (χ4v) is 2.97. The van der Waals surface area contributed by atoms with Crippen molar-refractivity contribution in [2.75, 3.05) is 20.2 Å². The molecule has 0 amide bonds. The number of fused-ring (bicyclic) bond motifs is 1. The minimum absolute atomic E-state index is 0.0142. The van der Waals surface area contributed by atoms with E-state index in [0.29, 0.717) is 12.4 Å². The second kappa shape index (κ2) is 6.90. The third-order valence-corrected chi connectivity index (χ3v) is 4.07. The Morgan fingerprint density at radius 3 is 2.88 bits per heavy atom. The quantitative estimate of drug-likeness (QED) is 0.769. The van der Waals surface area contributed by atoms with Crippen LogP contribution in [0.1, 0.15) is 5.56 Å². The highest BCUT2D eigenvalue weighted by Gasteiger charge is 2.21. The number of H-pyrrole nitrogens is 1. The molecule has 128 valence electrons. The number of benzene rings is 2. The number of ether oxygens (including phenoxy) is 2. The van der Waals surface area contributed by atoms with E-state index in [4.69, 9.17) is 9.47 Å². The summed E-state index contributed by atoms with van der Waals surface area (Å²) in [5.41, 5.74) is 2.13. The van der Waals surface area contributed by atoms with E-state index in [1.807, 2.05) is 36.4 Å². The van der Waals surface area contributed by atoms with Crippen LogP contribution in [0, 0.1) is 0 Å². The molecule has 0 saturated carbocycles. The minimum Gasteiger partial charge on any atom is -0.486 e. The third-order valence-electron chi connectivity index (χ3n) is 4.07.